The van der Waals surface area contributed by atoms with Gasteiger partial charge in [0.25, 0.3) is 0 Å². The molecule has 1 aromatic rings. The molecule has 1 unspecified atom stereocenters. The van der Waals surface area contributed by atoms with Gasteiger partial charge in [-0.15, -0.1) is 0 Å². The fourth-order valence-electron chi connectivity index (χ4n) is 1.83. The molecule has 1 aliphatic rings. The van der Waals surface area contributed by atoms with Crippen LogP contribution >= 0.6 is 11.6 Å². The van der Waals surface area contributed by atoms with Crippen LogP contribution in [0.15, 0.2) is 18.2 Å². The van der Waals surface area contributed by atoms with E-state index in [4.69, 9.17) is 17.3 Å². The van der Waals surface area contributed by atoms with Crippen LogP contribution in [0.1, 0.15) is 12.8 Å². The lowest BCUT2D eigenvalue weighted by molar-refractivity contribution is -0.120. The lowest BCUT2D eigenvalue weighted by atomic mass is 10.0. The Morgan fingerprint density at radius 1 is 1.50 bits per heavy atom. The number of benzene rings is 1. The van der Waals surface area contributed by atoms with Gasteiger partial charge < -0.3 is 10.6 Å². The summed E-state index contributed by atoms with van der Waals surface area (Å²) in [7, 11) is 0. The first-order valence-corrected chi connectivity index (χ1v) is 5.49. The third kappa shape index (κ3) is 2.03. The first-order valence-electron chi connectivity index (χ1n) is 5.11. The van der Waals surface area contributed by atoms with Crippen LogP contribution in [0.2, 0.25) is 5.02 Å². The molecule has 1 saturated heterocycles. The van der Waals surface area contributed by atoms with Crippen molar-refractivity contribution in [2.45, 2.75) is 18.9 Å². The number of nitrogens with two attached hydrogens (primary N) is 1. The Morgan fingerprint density at radius 3 is 3.00 bits per heavy atom. The average molecular weight is 243 g/mol. The Kier molecular flexibility index (Phi) is 3.12. The monoisotopic (exact) mass is 242 g/mol. The SMILES string of the molecule is NC1CCCN(c2cc(F)ccc2Cl)C1=O. The minimum Gasteiger partial charge on any atom is -0.320 e. The van der Waals surface area contributed by atoms with E-state index in [1.165, 1.54) is 23.1 Å². The molecular formula is C11H12ClFN2O. The highest BCUT2D eigenvalue weighted by Gasteiger charge is 2.28. The zero-order chi connectivity index (χ0) is 11.7. The fraction of sp³-hybridized carbons (Fsp3) is 0.364. The molecule has 0 bridgehead atoms. The van der Waals surface area contributed by atoms with Gasteiger partial charge in [0, 0.05) is 6.54 Å². The number of amides is 1. The van der Waals surface area contributed by atoms with Crippen molar-refractivity contribution in [3.63, 3.8) is 0 Å². The molecule has 0 saturated carbocycles. The van der Waals surface area contributed by atoms with Crippen LogP contribution < -0.4 is 10.6 Å². The number of hydrogen-bond acceptors (Lipinski definition) is 2. The molecule has 16 heavy (non-hydrogen) atoms. The molecule has 1 atom stereocenters. The van der Waals surface area contributed by atoms with Crippen LogP contribution in [0, 0.1) is 5.82 Å². The first-order chi connectivity index (χ1) is 7.59. The molecule has 0 spiro atoms. The van der Waals surface area contributed by atoms with Crippen molar-refractivity contribution in [2.24, 2.45) is 5.73 Å². The molecule has 1 fully saturated rings. The third-order valence-electron chi connectivity index (χ3n) is 2.68. The van der Waals surface area contributed by atoms with E-state index >= 15 is 0 Å². The van der Waals surface area contributed by atoms with E-state index in [-0.39, 0.29) is 5.91 Å². The highest BCUT2D eigenvalue weighted by Crippen LogP contribution is 2.29. The molecule has 1 aliphatic heterocycles. The van der Waals surface area contributed by atoms with Crippen molar-refractivity contribution >= 4 is 23.2 Å². The molecule has 86 valence electrons. The quantitative estimate of drug-likeness (QED) is 0.818. The second-order valence-corrected chi connectivity index (χ2v) is 4.24. The summed E-state index contributed by atoms with van der Waals surface area (Å²) in [6.07, 6.45) is 1.47. The maximum atomic E-state index is 13.1. The zero-order valence-corrected chi connectivity index (χ0v) is 9.38. The standard InChI is InChI=1S/C11H12ClFN2O/c12-8-4-3-7(13)6-10(8)15-5-1-2-9(14)11(15)16/h3-4,6,9H,1-2,5,14H2. The maximum absolute atomic E-state index is 13.1. The van der Waals surface area contributed by atoms with Crippen molar-refractivity contribution in [1.29, 1.82) is 0 Å². The summed E-state index contributed by atoms with van der Waals surface area (Å²) in [5.41, 5.74) is 6.07. The van der Waals surface area contributed by atoms with Gasteiger partial charge >= 0.3 is 0 Å². The Hall–Kier alpha value is -1.13. The molecule has 0 aromatic heterocycles. The van der Waals surface area contributed by atoms with Crippen LogP contribution in [0.3, 0.4) is 0 Å². The molecule has 0 aliphatic carbocycles. The van der Waals surface area contributed by atoms with Crippen LogP contribution in [-0.4, -0.2) is 18.5 Å². The van der Waals surface area contributed by atoms with Crippen LogP contribution in [-0.2, 0) is 4.79 Å². The van der Waals surface area contributed by atoms with Gasteiger partial charge in [-0.3, -0.25) is 4.79 Å². The molecule has 2 rings (SSSR count). The van der Waals surface area contributed by atoms with Crippen LogP contribution in [0.25, 0.3) is 0 Å². The van der Waals surface area contributed by atoms with Crippen LogP contribution in [0.5, 0.6) is 0 Å². The van der Waals surface area contributed by atoms with E-state index in [9.17, 15) is 9.18 Å². The highest BCUT2D eigenvalue weighted by molar-refractivity contribution is 6.33. The van der Waals surface area contributed by atoms with Gasteiger partial charge in [-0.2, -0.15) is 0 Å². The van der Waals surface area contributed by atoms with Gasteiger partial charge in [-0.05, 0) is 31.0 Å². The van der Waals surface area contributed by atoms with Crippen molar-refractivity contribution in [1.82, 2.24) is 0 Å². The van der Waals surface area contributed by atoms with Crippen LogP contribution in [0.4, 0.5) is 10.1 Å². The summed E-state index contributed by atoms with van der Waals surface area (Å²) in [5.74, 6) is -0.606. The van der Waals surface area contributed by atoms with Gasteiger partial charge in [-0.25, -0.2) is 4.39 Å². The molecule has 1 amide bonds. The van der Waals surface area contributed by atoms with Crippen molar-refractivity contribution < 1.29 is 9.18 Å². The van der Waals surface area contributed by atoms with E-state index < -0.39 is 11.9 Å². The lowest BCUT2D eigenvalue weighted by Crippen LogP contribution is -2.48. The topological polar surface area (TPSA) is 46.3 Å². The summed E-state index contributed by atoms with van der Waals surface area (Å²) in [4.78, 5) is 13.3. The molecule has 1 aromatic carbocycles. The summed E-state index contributed by atoms with van der Waals surface area (Å²) in [5, 5.41) is 0.365. The normalized spacial score (nSPS) is 21.3. The molecular weight excluding hydrogens is 231 g/mol. The number of rotatable bonds is 1. The summed E-state index contributed by atoms with van der Waals surface area (Å²) in [6.45, 7) is 0.537. The van der Waals surface area contributed by atoms with E-state index in [1.807, 2.05) is 0 Å². The van der Waals surface area contributed by atoms with Gasteiger partial charge in [0.15, 0.2) is 0 Å². The second-order valence-electron chi connectivity index (χ2n) is 3.83. The number of halogens is 2. The second kappa shape index (κ2) is 4.39. The number of piperidine rings is 1. The minimum atomic E-state index is -0.506. The van der Waals surface area contributed by atoms with Crippen molar-refractivity contribution in [3.05, 3.63) is 29.0 Å². The minimum absolute atomic E-state index is 0.196. The Balaban J connectivity index is 2.35. The number of hydrogen-bond donors (Lipinski definition) is 1. The van der Waals surface area contributed by atoms with E-state index in [0.29, 0.717) is 23.7 Å². The van der Waals surface area contributed by atoms with Gasteiger partial charge in [0.1, 0.15) is 5.82 Å². The van der Waals surface area contributed by atoms with E-state index in [1.54, 1.807) is 0 Å². The van der Waals surface area contributed by atoms with Gasteiger partial charge in [0.2, 0.25) is 5.91 Å². The van der Waals surface area contributed by atoms with E-state index in [0.717, 1.165) is 6.42 Å². The first kappa shape index (κ1) is 11.4. The summed E-state index contributed by atoms with van der Waals surface area (Å²) < 4.78 is 13.1. The molecule has 1 heterocycles. The largest absolute Gasteiger partial charge is 0.320 e. The third-order valence-corrected chi connectivity index (χ3v) is 3.00. The predicted molar refractivity (Wildman–Crippen MR) is 61.0 cm³/mol. The molecule has 3 nitrogen and oxygen atoms in total. The van der Waals surface area contributed by atoms with Crippen molar-refractivity contribution in [2.75, 3.05) is 11.4 Å². The summed E-state index contributed by atoms with van der Waals surface area (Å²) in [6, 6.07) is 3.46. The fourth-order valence-corrected chi connectivity index (χ4v) is 2.05. The predicted octanol–water partition coefficient (Wildman–Crippen LogP) is 1.93. The zero-order valence-electron chi connectivity index (χ0n) is 8.62. The lowest BCUT2D eigenvalue weighted by Gasteiger charge is -2.31. The van der Waals surface area contributed by atoms with Crippen molar-refractivity contribution in [3.8, 4) is 0 Å². The van der Waals surface area contributed by atoms with Gasteiger partial charge in [-0.1, -0.05) is 11.6 Å². The highest BCUT2D eigenvalue weighted by atomic mass is 35.5. The summed E-state index contributed by atoms with van der Waals surface area (Å²) >= 11 is 5.94. The smallest absolute Gasteiger partial charge is 0.243 e. The average Bonchev–Trinajstić information content (AvgIpc) is 2.26. The number of nitrogens with zero attached hydrogens (tertiary/aromatic N) is 1. The number of anilines is 1. The van der Waals surface area contributed by atoms with E-state index in [2.05, 4.69) is 0 Å². The number of carbonyl (C=O) groups is 1. The molecule has 5 heteroatoms. The molecule has 0 radical (unpaired) electrons. The maximum Gasteiger partial charge on any atom is 0.243 e. The Bertz CT molecular complexity index is 424. The number of carbonyl (C=O) groups excluding carboxylic acids is 1. The van der Waals surface area contributed by atoms with Gasteiger partial charge in [0.05, 0.1) is 16.8 Å². The Labute approximate surface area is 98.0 Å². The molecule has 2 N–H and O–H groups in total. The Morgan fingerprint density at radius 2 is 2.25 bits per heavy atom.